The fourth-order valence-corrected chi connectivity index (χ4v) is 1.95. The molecule has 0 fully saturated rings. The first kappa shape index (κ1) is 13.0. The molecular formula is C14H23NO. The Bertz CT molecular complexity index is 307. The maximum atomic E-state index is 5.09. The quantitative estimate of drug-likeness (QED) is 0.725. The second-order valence-corrected chi connectivity index (χ2v) is 4.61. The number of aromatic nitrogens is 1. The summed E-state index contributed by atoms with van der Waals surface area (Å²) in [7, 11) is 1.65. The third kappa shape index (κ3) is 2.97. The lowest BCUT2D eigenvalue weighted by Gasteiger charge is -2.28. The van der Waals surface area contributed by atoms with Gasteiger partial charge in [0.15, 0.2) is 0 Å². The molecule has 0 aromatic carbocycles. The monoisotopic (exact) mass is 221 g/mol. The average molecular weight is 221 g/mol. The summed E-state index contributed by atoms with van der Waals surface area (Å²) >= 11 is 0. The van der Waals surface area contributed by atoms with Gasteiger partial charge in [-0.1, -0.05) is 39.7 Å². The van der Waals surface area contributed by atoms with E-state index in [-0.39, 0.29) is 5.41 Å². The van der Waals surface area contributed by atoms with Gasteiger partial charge in [-0.05, 0) is 23.8 Å². The summed E-state index contributed by atoms with van der Waals surface area (Å²) in [6.45, 7) is 6.81. The Morgan fingerprint density at radius 1 is 1.31 bits per heavy atom. The first-order valence-electron chi connectivity index (χ1n) is 6.16. The van der Waals surface area contributed by atoms with Crippen molar-refractivity contribution in [3.05, 3.63) is 23.9 Å². The number of hydrogen-bond acceptors (Lipinski definition) is 2. The van der Waals surface area contributed by atoms with E-state index in [0.29, 0.717) is 5.88 Å². The van der Waals surface area contributed by atoms with Gasteiger partial charge in [-0.2, -0.15) is 0 Å². The average Bonchev–Trinajstić information content (AvgIpc) is 2.36. The van der Waals surface area contributed by atoms with E-state index < -0.39 is 0 Å². The summed E-state index contributed by atoms with van der Waals surface area (Å²) in [6.07, 6.45) is 6.86. The molecule has 1 heterocycles. The third-order valence-corrected chi connectivity index (χ3v) is 3.50. The molecule has 0 N–H and O–H groups in total. The van der Waals surface area contributed by atoms with Crippen LogP contribution in [0, 0.1) is 0 Å². The summed E-state index contributed by atoms with van der Waals surface area (Å²) in [4.78, 5) is 4.30. The molecule has 1 rings (SSSR count). The molecule has 16 heavy (non-hydrogen) atoms. The van der Waals surface area contributed by atoms with Gasteiger partial charge >= 0.3 is 0 Å². The zero-order valence-corrected chi connectivity index (χ0v) is 10.9. The Kier molecular flexibility index (Phi) is 4.78. The number of rotatable bonds is 6. The molecule has 0 bridgehead atoms. The Balaban J connectivity index is 2.84. The number of hydrogen-bond donors (Lipinski definition) is 0. The van der Waals surface area contributed by atoms with E-state index in [4.69, 9.17) is 4.74 Å². The van der Waals surface area contributed by atoms with Crippen molar-refractivity contribution in [2.24, 2.45) is 0 Å². The second-order valence-electron chi connectivity index (χ2n) is 4.61. The molecule has 1 atom stereocenters. The molecule has 2 nitrogen and oxygen atoms in total. The largest absolute Gasteiger partial charge is 0.481 e. The Hall–Kier alpha value is -1.05. The van der Waals surface area contributed by atoms with Gasteiger partial charge in [0.05, 0.1) is 7.11 Å². The molecule has 2 heteroatoms. The van der Waals surface area contributed by atoms with Gasteiger partial charge in [0, 0.05) is 12.3 Å². The van der Waals surface area contributed by atoms with Crippen LogP contribution in [0.25, 0.3) is 0 Å². The third-order valence-electron chi connectivity index (χ3n) is 3.50. The van der Waals surface area contributed by atoms with Gasteiger partial charge in [0.25, 0.3) is 0 Å². The highest BCUT2D eigenvalue weighted by molar-refractivity contribution is 5.25. The van der Waals surface area contributed by atoms with Crippen LogP contribution in [0.15, 0.2) is 18.3 Å². The number of pyridine rings is 1. The van der Waals surface area contributed by atoms with Crippen LogP contribution in [0.5, 0.6) is 5.88 Å². The lowest BCUT2D eigenvalue weighted by molar-refractivity contribution is 0.387. The molecular weight excluding hydrogens is 198 g/mol. The van der Waals surface area contributed by atoms with E-state index in [1.54, 1.807) is 7.11 Å². The van der Waals surface area contributed by atoms with Crippen molar-refractivity contribution < 1.29 is 4.74 Å². The van der Waals surface area contributed by atoms with Crippen LogP contribution in [-0.4, -0.2) is 12.1 Å². The molecule has 1 aromatic rings. The highest BCUT2D eigenvalue weighted by atomic mass is 16.5. The zero-order valence-electron chi connectivity index (χ0n) is 10.9. The summed E-state index contributed by atoms with van der Waals surface area (Å²) < 4.78 is 5.09. The molecule has 0 radical (unpaired) electrons. The van der Waals surface area contributed by atoms with Gasteiger partial charge in [0.2, 0.25) is 5.88 Å². The SMILES string of the molecule is CCCCC(C)(CC)c1ccc(OC)nc1. The van der Waals surface area contributed by atoms with Crippen molar-refractivity contribution in [1.82, 2.24) is 4.98 Å². The highest BCUT2D eigenvalue weighted by Gasteiger charge is 2.24. The molecule has 90 valence electrons. The Morgan fingerprint density at radius 3 is 2.50 bits per heavy atom. The van der Waals surface area contributed by atoms with E-state index in [1.165, 1.54) is 24.8 Å². The maximum absolute atomic E-state index is 5.09. The smallest absolute Gasteiger partial charge is 0.212 e. The Labute approximate surface area is 99.0 Å². The van der Waals surface area contributed by atoms with E-state index >= 15 is 0 Å². The van der Waals surface area contributed by atoms with Crippen molar-refractivity contribution in [3.63, 3.8) is 0 Å². The minimum absolute atomic E-state index is 0.259. The molecule has 0 amide bonds. The normalized spacial score (nSPS) is 14.5. The molecule has 0 aliphatic heterocycles. The van der Waals surface area contributed by atoms with Gasteiger partial charge in [-0.15, -0.1) is 0 Å². The predicted molar refractivity (Wildman–Crippen MR) is 68.0 cm³/mol. The van der Waals surface area contributed by atoms with Gasteiger partial charge in [0.1, 0.15) is 0 Å². The van der Waals surface area contributed by atoms with Crippen LogP contribution >= 0.6 is 0 Å². The first-order valence-corrected chi connectivity index (χ1v) is 6.16. The van der Waals surface area contributed by atoms with Crippen molar-refractivity contribution in [3.8, 4) is 5.88 Å². The molecule has 0 aliphatic rings. The van der Waals surface area contributed by atoms with E-state index in [2.05, 4.69) is 31.8 Å². The van der Waals surface area contributed by atoms with Crippen molar-refractivity contribution >= 4 is 0 Å². The lowest BCUT2D eigenvalue weighted by atomic mass is 9.77. The standard InChI is InChI=1S/C14H23NO/c1-5-7-10-14(3,6-2)12-8-9-13(16-4)15-11-12/h8-9,11H,5-7,10H2,1-4H3. The van der Waals surface area contributed by atoms with Crippen molar-refractivity contribution in [2.45, 2.75) is 51.9 Å². The number of ether oxygens (including phenoxy) is 1. The fraction of sp³-hybridized carbons (Fsp3) is 0.643. The van der Waals surface area contributed by atoms with Crippen LogP contribution in [0.4, 0.5) is 0 Å². The number of unbranched alkanes of at least 4 members (excludes halogenated alkanes) is 1. The van der Waals surface area contributed by atoms with Crippen LogP contribution in [-0.2, 0) is 5.41 Å². The van der Waals surface area contributed by atoms with Crippen LogP contribution < -0.4 is 4.74 Å². The van der Waals surface area contributed by atoms with E-state index in [1.807, 2.05) is 12.3 Å². The summed E-state index contributed by atoms with van der Waals surface area (Å²) in [5, 5.41) is 0. The predicted octanol–water partition coefficient (Wildman–Crippen LogP) is 3.95. The first-order chi connectivity index (χ1) is 7.66. The zero-order chi connectivity index (χ0) is 12.0. The molecule has 1 aromatic heterocycles. The number of methoxy groups -OCH3 is 1. The van der Waals surface area contributed by atoms with Crippen LogP contribution in [0.1, 0.15) is 52.0 Å². The minimum atomic E-state index is 0.259. The van der Waals surface area contributed by atoms with Crippen molar-refractivity contribution in [1.29, 1.82) is 0 Å². The van der Waals surface area contributed by atoms with Gasteiger partial charge < -0.3 is 4.74 Å². The summed E-state index contributed by atoms with van der Waals surface area (Å²) in [6, 6.07) is 4.10. The van der Waals surface area contributed by atoms with Crippen LogP contribution in [0.2, 0.25) is 0 Å². The van der Waals surface area contributed by atoms with Gasteiger partial charge in [-0.3, -0.25) is 0 Å². The summed E-state index contributed by atoms with van der Waals surface area (Å²) in [5.41, 5.74) is 1.58. The van der Waals surface area contributed by atoms with Crippen LogP contribution in [0.3, 0.4) is 0 Å². The molecule has 0 saturated heterocycles. The fourth-order valence-electron chi connectivity index (χ4n) is 1.95. The van der Waals surface area contributed by atoms with E-state index in [0.717, 1.165) is 6.42 Å². The minimum Gasteiger partial charge on any atom is -0.481 e. The van der Waals surface area contributed by atoms with Crippen molar-refractivity contribution in [2.75, 3.05) is 7.11 Å². The lowest BCUT2D eigenvalue weighted by Crippen LogP contribution is -2.20. The summed E-state index contributed by atoms with van der Waals surface area (Å²) in [5.74, 6) is 0.692. The molecule has 0 spiro atoms. The number of nitrogens with zero attached hydrogens (tertiary/aromatic N) is 1. The van der Waals surface area contributed by atoms with E-state index in [9.17, 15) is 0 Å². The highest BCUT2D eigenvalue weighted by Crippen LogP contribution is 2.32. The maximum Gasteiger partial charge on any atom is 0.212 e. The van der Waals surface area contributed by atoms with Gasteiger partial charge in [-0.25, -0.2) is 4.98 Å². The molecule has 0 aliphatic carbocycles. The topological polar surface area (TPSA) is 22.1 Å². The Morgan fingerprint density at radius 2 is 2.06 bits per heavy atom. The molecule has 1 unspecified atom stereocenters. The molecule has 0 saturated carbocycles. The second kappa shape index (κ2) is 5.88.